The van der Waals surface area contributed by atoms with Crippen molar-refractivity contribution in [2.75, 3.05) is 0 Å². The number of nitrogens with zero attached hydrogens (tertiary/aromatic N) is 1. The predicted molar refractivity (Wildman–Crippen MR) is 153 cm³/mol. The quantitative estimate of drug-likeness (QED) is 0.323. The van der Waals surface area contributed by atoms with Gasteiger partial charge in [-0.15, -0.1) is 0 Å². The van der Waals surface area contributed by atoms with E-state index in [0.717, 1.165) is 16.7 Å². The molecule has 3 rings (SSSR count). The second kappa shape index (κ2) is 12.9. The Morgan fingerprint density at radius 2 is 1.43 bits per heavy atom. The zero-order valence-corrected chi connectivity index (χ0v) is 23.4. The maximum Gasteiger partial charge on any atom is 0.243 e. The topological polar surface area (TPSA) is 49.4 Å². The van der Waals surface area contributed by atoms with Crippen LogP contribution in [0.15, 0.2) is 78.9 Å². The second-order valence-corrected chi connectivity index (χ2v) is 11.4. The van der Waals surface area contributed by atoms with Crippen molar-refractivity contribution in [2.24, 2.45) is 0 Å². The van der Waals surface area contributed by atoms with Crippen molar-refractivity contribution in [1.29, 1.82) is 0 Å². The molecule has 0 aliphatic carbocycles. The van der Waals surface area contributed by atoms with Crippen LogP contribution in [-0.2, 0) is 34.4 Å². The summed E-state index contributed by atoms with van der Waals surface area (Å²) in [5.41, 5.74) is 4.40. The van der Waals surface area contributed by atoms with Crippen LogP contribution in [-0.4, -0.2) is 28.8 Å². The van der Waals surface area contributed by atoms with Gasteiger partial charge in [0.2, 0.25) is 11.8 Å². The van der Waals surface area contributed by atoms with Gasteiger partial charge < -0.3 is 10.2 Å². The van der Waals surface area contributed by atoms with Crippen LogP contribution >= 0.6 is 11.6 Å². The van der Waals surface area contributed by atoms with Crippen molar-refractivity contribution in [1.82, 2.24) is 10.2 Å². The molecule has 196 valence electrons. The van der Waals surface area contributed by atoms with E-state index in [-0.39, 0.29) is 23.3 Å². The first-order valence-electron chi connectivity index (χ1n) is 13.0. The number of rotatable bonds is 10. The second-order valence-electron chi connectivity index (χ2n) is 11.0. The average molecular weight is 519 g/mol. The minimum absolute atomic E-state index is 0.0282. The van der Waals surface area contributed by atoms with Gasteiger partial charge in [0, 0.05) is 30.5 Å². The lowest BCUT2D eigenvalue weighted by Gasteiger charge is -2.32. The molecule has 3 aromatic rings. The maximum absolute atomic E-state index is 13.8. The van der Waals surface area contributed by atoms with Crippen molar-refractivity contribution in [3.8, 4) is 0 Å². The van der Waals surface area contributed by atoms with Gasteiger partial charge in [-0.2, -0.15) is 0 Å². The molecule has 1 unspecified atom stereocenters. The summed E-state index contributed by atoms with van der Waals surface area (Å²) < 4.78 is 0. The Balaban J connectivity index is 1.87. The summed E-state index contributed by atoms with van der Waals surface area (Å²) >= 11 is 6.10. The summed E-state index contributed by atoms with van der Waals surface area (Å²) in [6.45, 7) is 10.8. The van der Waals surface area contributed by atoms with Gasteiger partial charge in [-0.25, -0.2) is 0 Å². The summed E-state index contributed by atoms with van der Waals surface area (Å²) in [5.74, 6) is -0.189. The van der Waals surface area contributed by atoms with Crippen LogP contribution in [0.25, 0.3) is 0 Å². The Morgan fingerprint density at radius 3 is 2.00 bits per heavy atom. The number of halogens is 1. The fourth-order valence-electron chi connectivity index (χ4n) is 4.29. The van der Waals surface area contributed by atoms with Gasteiger partial charge in [-0.1, -0.05) is 99.1 Å². The molecule has 2 amide bonds. The Hall–Kier alpha value is -3.11. The van der Waals surface area contributed by atoms with E-state index in [1.165, 1.54) is 5.56 Å². The molecule has 0 spiro atoms. The van der Waals surface area contributed by atoms with Crippen LogP contribution in [0.4, 0.5) is 0 Å². The third-order valence-electron chi connectivity index (χ3n) is 6.42. The van der Waals surface area contributed by atoms with Crippen molar-refractivity contribution in [3.05, 3.63) is 106 Å². The molecule has 1 atom stereocenters. The van der Waals surface area contributed by atoms with Crippen molar-refractivity contribution < 1.29 is 9.59 Å². The van der Waals surface area contributed by atoms with E-state index in [0.29, 0.717) is 30.8 Å². The number of hydrogen-bond acceptors (Lipinski definition) is 2. The highest BCUT2D eigenvalue weighted by molar-refractivity contribution is 6.30. The average Bonchev–Trinajstić information content (AvgIpc) is 2.85. The van der Waals surface area contributed by atoms with E-state index in [1.54, 1.807) is 4.90 Å². The van der Waals surface area contributed by atoms with Gasteiger partial charge in [0.25, 0.3) is 0 Å². The zero-order valence-electron chi connectivity index (χ0n) is 22.6. The van der Waals surface area contributed by atoms with Crippen LogP contribution < -0.4 is 5.32 Å². The van der Waals surface area contributed by atoms with Gasteiger partial charge >= 0.3 is 0 Å². The standard InChI is InChI=1S/C32H39ClN2O2/c1-23(2)34-31(37)29(21-25-9-7-6-8-10-25)35(22-26-13-18-28(33)19-14-26)30(36)20-15-24-11-16-27(17-12-24)32(3,4)5/h6-14,16-19,23,29H,15,20-22H2,1-5H3,(H,34,37). The number of aryl methyl sites for hydroxylation is 1. The summed E-state index contributed by atoms with van der Waals surface area (Å²) in [7, 11) is 0. The van der Waals surface area contributed by atoms with E-state index in [2.05, 4.69) is 50.4 Å². The first-order chi connectivity index (χ1) is 17.5. The van der Waals surface area contributed by atoms with Crippen LogP contribution in [0.3, 0.4) is 0 Å². The third kappa shape index (κ3) is 8.75. The number of benzene rings is 3. The lowest BCUT2D eigenvalue weighted by molar-refractivity contribution is -0.141. The largest absolute Gasteiger partial charge is 0.352 e. The molecule has 3 aromatic carbocycles. The van der Waals surface area contributed by atoms with Crippen LogP contribution in [0.1, 0.15) is 63.3 Å². The first kappa shape index (κ1) is 28.5. The summed E-state index contributed by atoms with van der Waals surface area (Å²) in [6, 6.07) is 25.1. The molecule has 0 saturated carbocycles. The van der Waals surface area contributed by atoms with E-state index in [1.807, 2.05) is 68.4 Å². The Morgan fingerprint density at radius 1 is 0.838 bits per heavy atom. The minimum Gasteiger partial charge on any atom is -0.352 e. The molecule has 0 fully saturated rings. The smallest absolute Gasteiger partial charge is 0.243 e. The van der Waals surface area contributed by atoms with Crippen LogP contribution in [0, 0.1) is 0 Å². The van der Waals surface area contributed by atoms with Crippen molar-refractivity contribution in [3.63, 3.8) is 0 Å². The highest BCUT2D eigenvalue weighted by atomic mass is 35.5. The molecule has 0 heterocycles. The molecule has 0 aliphatic rings. The first-order valence-corrected chi connectivity index (χ1v) is 13.4. The van der Waals surface area contributed by atoms with Crippen molar-refractivity contribution >= 4 is 23.4 Å². The summed E-state index contributed by atoms with van der Waals surface area (Å²) in [5, 5.41) is 3.67. The molecule has 0 radical (unpaired) electrons. The SMILES string of the molecule is CC(C)NC(=O)C(Cc1ccccc1)N(Cc1ccc(Cl)cc1)C(=O)CCc1ccc(C(C)(C)C)cc1. The molecule has 5 heteroatoms. The van der Waals surface area contributed by atoms with Gasteiger partial charge in [0.05, 0.1) is 0 Å². The molecular weight excluding hydrogens is 480 g/mol. The van der Waals surface area contributed by atoms with E-state index < -0.39 is 6.04 Å². The Labute approximate surface area is 227 Å². The molecule has 37 heavy (non-hydrogen) atoms. The lowest BCUT2D eigenvalue weighted by atomic mass is 9.86. The summed E-state index contributed by atoms with van der Waals surface area (Å²) in [6.07, 6.45) is 1.38. The molecule has 0 bridgehead atoms. The Bertz CT molecular complexity index is 1150. The van der Waals surface area contributed by atoms with E-state index in [9.17, 15) is 9.59 Å². The number of nitrogens with one attached hydrogen (secondary N) is 1. The maximum atomic E-state index is 13.8. The molecule has 0 aromatic heterocycles. The number of hydrogen-bond donors (Lipinski definition) is 1. The van der Waals surface area contributed by atoms with Gasteiger partial charge in [0.1, 0.15) is 6.04 Å². The monoisotopic (exact) mass is 518 g/mol. The highest BCUT2D eigenvalue weighted by Gasteiger charge is 2.30. The normalized spacial score (nSPS) is 12.3. The van der Waals surface area contributed by atoms with Gasteiger partial charge in [-0.3, -0.25) is 9.59 Å². The third-order valence-corrected chi connectivity index (χ3v) is 6.67. The predicted octanol–water partition coefficient (Wildman–Crippen LogP) is 6.73. The fourth-order valence-corrected chi connectivity index (χ4v) is 4.41. The van der Waals surface area contributed by atoms with Gasteiger partial charge in [0.15, 0.2) is 0 Å². The Kier molecular flexibility index (Phi) is 9.93. The number of carbonyl (C=O) groups excluding carboxylic acids is 2. The fraction of sp³-hybridized carbons (Fsp3) is 0.375. The number of amides is 2. The molecular formula is C32H39ClN2O2. The lowest BCUT2D eigenvalue weighted by Crippen LogP contribution is -2.51. The van der Waals surface area contributed by atoms with E-state index >= 15 is 0 Å². The minimum atomic E-state index is -0.628. The van der Waals surface area contributed by atoms with E-state index in [4.69, 9.17) is 11.6 Å². The molecule has 1 N–H and O–H groups in total. The van der Waals surface area contributed by atoms with Crippen LogP contribution in [0.5, 0.6) is 0 Å². The molecule has 4 nitrogen and oxygen atoms in total. The molecule has 0 aliphatic heterocycles. The zero-order chi connectivity index (χ0) is 27.0. The van der Waals surface area contributed by atoms with Crippen LogP contribution in [0.2, 0.25) is 5.02 Å². The van der Waals surface area contributed by atoms with Crippen molar-refractivity contribution in [2.45, 2.75) is 77.9 Å². The molecule has 0 saturated heterocycles. The highest BCUT2D eigenvalue weighted by Crippen LogP contribution is 2.23. The number of carbonyl (C=O) groups is 2. The van der Waals surface area contributed by atoms with Gasteiger partial charge in [-0.05, 0) is 60.1 Å². The summed E-state index contributed by atoms with van der Waals surface area (Å²) in [4.78, 5) is 28.9.